The van der Waals surface area contributed by atoms with Gasteiger partial charge in [-0.3, -0.25) is 14.5 Å². The van der Waals surface area contributed by atoms with Gasteiger partial charge in [-0.15, -0.1) is 0 Å². The monoisotopic (exact) mass is 343 g/mol. The standard InChI is InChI=1S/C19H22FN3O2/c20-17-3-1-2-15(12-17)5-7-19(25)23-10-8-22(9-11-23)14-16-4-6-18(24)21-13-16/h1-4,6,12-13H,5,7-11,14H2,(H,21,24). The molecule has 1 aromatic heterocycles. The smallest absolute Gasteiger partial charge is 0.247 e. The molecule has 0 unspecified atom stereocenters. The lowest BCUT2D eigenvalue weighted by Crippen LogP contribution is -2.48. The molecule has 1 aliphatic rings. The molecule has 1 aromatic carbocycles. The van der Waals surface area contributed by atoms with Crippen molar-refractivity contribution in [2.75, 3.05) is 26.2 Å². The van der Waals surface area contributed by atoms with E-state index < -0.39 is 0 Å². The Morgan fingerprint density at radius 2 is 1.88 bits per heavy atom. The van der Waals surface area contributed by atoms with Gasteiger partial charge in [0.25, 0.3) is 0 Å². The van der Waals surface area contributed by atoms with Crippen molar-refractivity contribution in [3.05, 3.63) is 69.9 Å². The third-order valence-corrected chi connectivity index (χ3v) is 4.50. The van der Waals surface area contributed by atoms with Crippen LogP contribution in [0.25, 0.3) is 0 Å². The van der Waals surface area contributed by atoms with Gasteiger partial charge in [0.2, 0.25) is 11.5 Å². The molecule has 0 saturated carbocycles. The molecule has 25 heavy (non-hydrogen) atoms. The largest absolute Gasteiger partial charge is 0.340 e. The zero-order valence-corrected chi connectivity index (χ0v) is 14.1. The number of nitrogens with one attached hydrogen (secondary N) is 1. The lowest BCUT2D eigenvalue weighted by molar-refractivity contribution is -0.133. The van der Waals surface area contributed by atoms with Gasteiger partial charge in [0.05, 0.1) is 0 Å². The molecule has 0 spiro atoms. The zero-order valence-electron chi connectivity index (χ0n) is 14.1. The van der Waals surface area contributed by atoms with Gasteiger partial charge in [-0.2, -0.15) is 0 Å². The van der Waals surface area contributed by atoms with Crippen LogP contribution in [0.3, 0.4) is 0 Å². The maximum Gasteiger partial charge on any atom is 0.247 e. The summed E-state index contributed by atoms with van der Waals surface area (Å²) in [7, 11) is 0. The number of rotatable bonds is 5. The molecule has 132 valence electrons. The van der Waals surface area contributed by atoms with Gasteiger partial charge < -0.3 is 9.88 Å². The molecular formula is C19H22FN3O2. The molecule has 0 radical (unpaired) electrons. The van der Waals surface area contributed by atoms with E-state index in [1.165, 1.54) is 18.2 Å². The highest BCUT2D eigenvalue weighted by Gasteiger charge is 2.20. The number of hydrogen-bond donors (Lipinski definition) is 1. The number of pyridine rings is 1. The summed E-state index contributed by atoms with van der Waals surface area (Å²) >= 11 is 0. The van der Waals surface area contributed by atoms with Gasteiger partial charge in [-0.05, 0) is 29.7 Å². The average molecular weight is 343 g/mol. The molecular weight excluding hydrogens is 321 g/mol. The minimum Gasteiger partial charge on any atom is -0.340 e. The number of H-pyrrole nitrogens is 1. The van der Waals surface area contributed by atoms with Crippen molar-refractivity contribution in [3.8, 4) is 0 Å². The number of aryl methyl sites for hydroxylation is 1. The fourth-order valence-electron chi connectivity index (χ4n) is 3.06. The van der Waals surface area contributed by atoms with Crippen molar-refractivity contribution in [1.82, 2.24) is 14.8 Å². The van der Waals surface area contributed by atoms with E-state index in [1.807, 2.05) is 17.0 Å². The number of hydrogen-bond acceptors (Lipinski definition) is 3. The second kappa shape index (κ2) is 8.07. The normalized spacial score (nSPS) is 15.3. The molecule has 0 atom stereocenters. The molecule has 5 nitrogen and oxygen atoms in total. The summed E-state index contributed by atoms with van der Waals surface area (Å²) < 4.78 is 13.2. The van der Waals surface area contributed by atoms with E-state index in [2.05, 4.69) is 9.88 Å². The van der Waals surface area contributed by atoms with Gasteiger partial charge in [-0.25, -0.2) is 4.39 Å². The van der Waals surface area contributed by atoms with Crippen molar-refractivity contribution < 1.29 is 9.18 Å². The summed E-state index contributed by atoms with van der Waals surface area (Å²) in [6, 6.07) is 9.77. The van der Waals surface area contributed by atoms with Crippen LogP contribution in [0.2, 0.25) is 0 Å². The van der Waals surface area contributed by atoms with Crippen LogP contribution in [0.4, 0.5) is 4.39 Å². The van der Waals surface area contributed by atoms with Crippen LogP contribution in [0.5, 0.6) is 0 Å². The van der Waals surface area contributed by atoms with Gasteiger partial charge in [0.15, 0.2) is 0 Å². The number of benzene rings is 1. The highest BCUT2D eigenvalue weighted by molar-refractivity contribution is 5.76. The summed E-state index contributed by atoms with van der Waals surface area (Å²) in [6.45, 7) is 3.79. The summed E-state index contributed by atoms with van der Waals surface area (Å²) in [5.41, 5.74) is 1.81. The molecule has 3 rings (SSSR count). The molecule has 2 heterocycles. The Hall–Kier alpha value is -2.47. The van der Waals surface area contributed by atoms with Crippen molar-refractivity contribution in [2.45, 2.75) is 19.4 Å². The number of carbonyl (C=O) groups excluding carboxylic acids is 1. The van der Waals surface area contributed by atoms with E-state index in [1.54, 1.807) is 12.3 Å². The second-order valence-corrected chi connectivity index (χ2v) is 6.35. The topological polar surface area (TPSA) is 56.4 Å². The highest BCUT2D eigenvalue weighted by atomic mass is 19.1. The van der Waals surface area contributed by atoms with Gasteiger partial charge >= 0.3 is 0 Å². The van der Waals surface area contributed by atoms with E-state index in [0.29, 0.717) is 25.9 Å². The Balaban J connectivity index is 1.44. The first kappa shape index (κ1) is 17.4. The van der Waals surface area contributed by atoms with Crippen molar-refractivity contribution in [3.63, 3.8) is 0 Å². The number of halogens is 1. The Morgan fingerprint density at radius 1 is 1.08 bits per heavy atom. The predicted molar refractivity (Wildman–Crippen MR) is 93.6 cm³/mol. The summed E-state index contributed by atoms with van der Waals surface area (Å²) in [4.78, 5) is 30.2. The summed E-state index contributed by atoms with van der Waals surface area (Å²) in [6.07, 6.45) is 2.70. The Kier molecular flexibility index (Phi) is 5.60. The van der Waals surface area contributed by atoms with E-state index in [4.69, 9.17) is 0 Å². The fraction of sp³-hybridized carbons (Fsp3) is 0.368. The lowest BCUT2D eigenvalue weighted by Gasteiger charge is -2.34. The molecule has 1 saturated heterocycles. The van der Waals surface area contributed by atoms with E-state index in [9.17, 15) is 14.0 Å². The molecule has 1 amide bonds. The number of nitrogens with zero attached hydrogens (tertiary/aromatic N) is 2. The predicted octanol–water partition coefficient (Wildman–Crippen LogP) is 1.79. The summed E-state index contributed by atoms with van der Waals surface area (Å²) in [5, 5.41) is 0. The first-order valence-electron chi connectivity index (χ1n) is 8.52. The van der Waals surface area contributed by atoms with Gasteiger partial charge in [-0.1, -0.05) is 18.2 Å². The van der Waals surface area contributed by atoms with Crippen LogP contribution in [-0.4, -0.2) is 46.9 Å². The molecule has 1 fully saturated rings. The average Bonchev–Trinajstić information content (AvgIpc) is 2.62. The fourth-order valence-corrected chi connectivity index (χ4v) is 3.06. The first-order valence-corrected chi connectivity index (χ1v) is 8.52. The molecule has 1 aliphatic heterocycles. The quantitative estimate of drug-likeness (QED) is 0.901. The minimum absolute atomic E-state index is 0.0996. The van der Waals surface area contributed by atoms with E-state index in [-0.39, 0.29) is 17.3 Å². The van der Waals surface area contributed by atoms with Gasteiger partial charge in [0, 0.05) is 51.4 Å². The zero-order chi connectivity index (χ0) is 17.6. The first-order chi connectivity index (χ1) is 12.1. The third kappa shape index (κ3) is 5.00. The number of aromatic nitrogens is 1. The maximum absolute atomic E-state index is 13.2. The van der Waals surface area contributed by atoms with Gasteiger partial charge in [0.1, 0.15) is 5.82 Å². The lowest BCUT2D eigenvalue weighted by atomic mass is 10.1. The number of piperazine rings is 1. The van der Waals surface area contributed by atoms with Crippen LogP contribution in [0.1, 0.15) is 17.5 Å². The maximum atomic E-state index is 13.2. The van der Waals surface area contributed by atoms with Crippen molar-refractivity contribution in [1.29, 1.82) is 0 Å². The number of amides is 1. The number of carbonyl (C=O) groups is 1. The molecule has 2 aromatic rings. The van der Waals surface area contributed by atoms with Crippen molar-refractivity contribution in [2.24, 2.45) is 0 Å². The Bertz CT molecular complexity index is 762. The highest BCUT2D eigenvalue weighted by Crippen LogP contribution is 2.11. The van der Waals surface area contributed by atoms with Crippen LogP contribution in [-0.2, 0) is 17.8 Å². The van der Waals surface area contributed by atoms with E-state index in [0.717, 1.165) is 30.8 Å². The minimum atomic E-state index is -0.263. The van der Waals surface area contributed by atoms with Crippen LogP contribution in [0.15, 0.2) is 47.4 Å². The van der Waals surface area contributed by atoms with Crippen LogP contribution >= 0.6 is 0 Å². The molecule has 6 heteroatoms. The molecule has 1 N–H and O–H groups in total. The van der Waals surface area contributed by atoms with Crippen LogP contribution < -0.4 is 5.56 Å². The van der Waals surface area contributed by atoms with Crippen LogP contribution in [0, 0.1) is 5.82 Å². The number of aromatic amines is 1. The Morgan fingerprint density at radius 3 is 2.56 bits per heavy atom. The van der Waals surface area contributed by atoms with E-state index >= 15 is 0 Å². The Labute approximate surface area is 146 Å². The second-order valence-electron chi connectivity index (χ2n) is 6.35. The third-order valence-electron chi connectivity index (χ3n) is 4.50. The summed E-state index contributed by atoms with van der Waals surface area (Å²) in [5.74, 6) is -0.145. The SMILES string of the molecule is O=C(CCc1cccc(F)c1)N1CCN(Cc2ccc(=O)[nH]c2)CC1. The van der Waals surface area contributed by atoms with Crippen molar-refractivity contribution >= 4 is 5.91 Å². The molecule has 0 aliphatic carbocycles. The molecule has 0 bridgehead atoms.